The number of hydrogen-bond acceptors (Lipinski definition) is 2. The van der Waals surface area contributed by atoms with Crippen LogP contribution in [0.5, 0.6) is 0 Å². The summed E-state index contributed by atoms with van der Waals surface area (Å²) in [6.45, 7) is 3.56. The smallest absolute Gasteiger partial charge is 0.316 e. The molecule has 1 heterocycles. The van der Waals surface area contributed by atoms with Crippen molar-refractivity contribution in [3.63, 3.8) is 0 Å². The number of benzene rings is 1. The van der Waals surface area contributed by atoms with Crippen LogP contribution in [-0.2, 0) is 9.59 Å². The zero-order chi connectivity index (χ0) is 13.8. The number of amides is 2. The lowest BCUT2D eigenvalue weighted by molar-refractivity contribution is -0.145. The third kappa shape index (κ3) is 3.13. The second kappa shape index (κ2) is 5.87. The highest BCUT2D eigenvalue weighted by Gasteiger charge is 2.28. The van der Waals surface area contributed by atoms with E-state index in [9.17, 15) is 9.59 Å². The van der Waals surface area contributed by atoms with Crippen LogP contribution in [0.2, 0.25) is 0 Å². The van der Waals surface area contributed by atoms with Crippen molar-refractivity contribution in [2.24, 2.45) is 5.92 Å². The summed E-state index contributed by atoms with van der Waals surface area (Å²) in [7, 11) is 1.64. The first kappa shape index (κ1) is 13.6. The van der Waals surface area contributed by atoms with Gasteiger partial charge in [-0.25, -0.2) is 0 Å². The van der Waals surface area contributed by atoms with Crippen LogP contribution in [0.4, 0.5) is 5.69 Å². The fourth-order valence-electron chi connectivity index (χ4n) is 2.26. The van der Waals surface area contributed by atoms with Gasteiger partial charge in [0.05, 0.1) is 0 Å². The van der Waals surface area contributed by atoms with Gasteiger partial charge in [0, 0.05) is 25.8 Å². The second-order valence-electron chi connectivity index (χ2n) is 5.17. The molecule has 1 saturated heterocycles. The van der Waals surface area contributed by atoms with Crippen LogP contribution >= 0.6 is 0 Å². The Kier molecular flexibility index (Phi) is 4.20. The monoisotopic (exact) mass is 260 g/mol. The summed E-state index contributed by atoms with van der Waals surface area (Å²) in [5, 5.41) is 0. The van der Waals surface area contributed by atoms with Gasteiger partial charge in [0.2, 0.25) is 0 Å². The lowest BCUT2D eigenvalue weighted by Crippen LogP contribution is -2.46. The molecule has 2 rings (SSSR count). The van der Waals surface area contributed by atoms with E-state index in [0.717, 1.165) is 18.5 Å². The number of likely N-dealkylation sites (tertiary alicyclic amines) is 1. The number of para-hydroxylation sites is 1. The van der Waals surface area contributed by atoms with Crippen molar-refractivity contribution < 1.29 is 9.59 Å². The van der Waals surface area contributed by atoms with Crippen molar-refractivity contribution in [1.29, 1.82) is 0 Å². The standard InChI is InChI=1S/C15H20N2O2/c1-12-8-10-17(11-9-12)15(19)14(18)16(2)13-6-4-3-5-7-13/h3-7,12H,8-11H2,1-2H3. The molecule has 0 aliphatic carbocycles. The molecule has 0 bridgehead atoms. The van der Waals surface area contributed by atoms with Crippen LogP contribution < -0.4 is 4.90 Å². The zero-order valence-electron chi connectivity index (χ0n) is 11.5. The van der Waals surface area contributed by atoms with Crippen molar-refractivity contribution in [3.05, 3.63) is 30.3 Å². The van der Waals surface area contributed by atoms with Gasteiger partial charge in [-0.15, -0.1) is 0 Å². The Labute approximate surface area is 114 Å². The van der Waals surface area contributed by atoms with Crippen molar-refractivity contribution in [3.8, 4) is 0 Å². The summed E-state index contributed by atoms with van der Waals surface area (Å²) in [4.78, 5) is 27.4. The van der Waals surface area contributed by atoms with Crippen molar-refractivity contribution >= 4 is 17.5 Å². The van der Waals surface area contributed by atoms with Crippen molar-refractivity contribution in [1.82, 2.24) is 4.90 Å². The lowest BCUT2D eigenvalue weighted by atomic mass is 9.99. The van der Waals surface area contributed by atoms with Gasteiger partial charge in [0.1, 0.15) is 0 Å². The van der Waals surface area contributed by atoms with Crippen LogP contribution in [0.3, 0.4) is 0 Å². The quantitative estimate of drug-likeness (QED) is 0.724. The van der Waals surface area contributed by atoms with E-state index in [4.69, 9.17) is 0 Å². The Morgan fingerprint density at radius 3 is 2.32 bits per heavy atom. The van der Waals surface area contributed by atoms with Gasteiger partial charge in [-0.1, -0.05) is 25.1 Å². The molecule has 0 unspecified atom stereocenters. The summed E-state index contributed by atoms with van der Waals surface area (Å²) in [6.07, 6.45) is 1.96. The summed E-state index contributed by atoms with van der Waals surface area (Å²) >= 11 is 0. The molecule has 4 nitrogen and oxygen atoms in total. The molecule has 0 N–H and O–H groups in total. The largest absolute Gasteiger partial charge is 0.334 e. The average Bonchev–Trinajstić information content (AvgIpc) is 2.46. The molecular weight excluding hydrogens is 240 g/mol. The normalized spacial score (nSPS) is 16.2. The van der Waals surface area contributed by atoms with Gasteiger partial charge in [-0.2, -0.15) is 0 Å². The number of carbonyl (C=O) groups is 2. The predicted molar refractivity (Wildman–Crippen MR) is 74.8 cm³/mol. The molecule has 1 aliphatic rings. The summed E-state index contributed by atoms with van der Waals surface area (Å²) < 4.78 is 0. The van der Waals surface area contributed by atoms with Gasteiger partial charge in [0.15, 0.2) is 0 Å². The molecule has 1 fully saturated rings. The van der Waals surface area contributed by atoms with E-state index in [-0.39, 0.29) is 0 Å². The molecule has 1 aromatic rings. The molecule has 0 aromatic heterocycles. The Balaban J connectivity index is 2.01. The molecule has 0 radical (unpaired) electrons. The van der Waals surface area contributed by atoms with Crippen LogP contribution in [0.15, 0.2) is 30.3 Å². The number of piperidine rings is 1. The van der Waals surface area contributed by atoms with Gasteiger partial charge < -0.3 is 9.80 Å². The number of carbonyl (C=O) groups excluding carboxylic acids is 2. The second-order valence-corrected chi connectivity index (χ2v) is 5.17. The first-order valence-corrected chi connectivity index (χ1v) is 6.71. The Morgan fingerprint density at radius 2 is 1.74 bits per heavy atom. The maximum Gasteiger partial charge on any atom is 0.316 e. The number of anilines is 1. The Hall–Kier alpha value is -1.84. The molecule has 19 heavy (non-hydrogen) atoms. The van der Waals surface area contributed by atoms with Crippen molar-refractivity contribution in [2.45, 2.75) is 19.8 Å². The van der Waals surface area contributed by atoms with E-state index < -0.39 is 11.8 Å². The van der Waals surface area contributed by atoms with Gasteiger partial charge in [-0.05, 0) is 30.9 Å². The average molecular weight is 260 g/mol. The zero-order valence-corrected chi connectivity index (χ0v) is 11.5. The number of rotatable bonds is 1. The van der Waals surface area contributed by atoms with E-state index >= 15 is 0 Å². The SMILES string of the molecule is CC1CCN(C(=O)C(=O)N(C)c2ccccc2)CC1. The number of likely N-dealkylation sites (N-methyl/N-ethyl adjacent to an activating group) is 1. The molecule has 1 aromatic carbocycles. The Bertz CT molecular complexity index is 450. The topological polar surface area (TPSA) is 40.6 Å². The minimum atomic E-state index is -0.458. The van der Waals surface area contributed by atoms with Gasteiger partial charge in [-0.3, -0.25) is 9.59 Å². The molecule has 2 amide bonds. The molecule has 0 spiro atoms. The fraction of sp³-hybridized carbons (Fsp3) is 0.467. The minimum absolute atomic E-state index is 0.391. The van der Waals surface area contributed by atoms with Crippen LogP contribution in [0.1, 0.15) is 19.8 Å². The fourth-order valence-corrected chi connectivity index (χ4v) is 2.26. The summed E-state index contributed by atoms with van der Waals surface area (Å²) in [6, 6.07) is 9.24. The van der Waals surface area contributed by atoms with Crippen LogP contribution in [0, 0.1) is 5.92 Å². The van der Waals surface area contributed by atoms with Crippen LogP contribution in [-0.4, -0.2) is 36.9 Å². The first-order chi connectivity index (χ1) is 9.09. The lowest BCUT2D eigenvalue weighted by Gasteiger charge is -2.30. The third-order valence-electron chi connectivity index (χ3n) is 3.70. The highest BCUT2D eigenvalue weighted by atomic mass is 16.2. The third-order valence-corrected chi connectivity index (χ3v) is 3.70. The first-order valence-electron chi connectivity index (χ1n) is 6.71. The van der Waals surface area contributed by atoms with Crippen molar-refractivity contribution in [2.75, 3.05) is 25.0 Å². The van der Waals surface area contributed by atoms with E-state index in [1.54, 1.807) is 11.9 Å². The molecule has 1 aliphatic heterocycles. The predicted octanol–water partition coefficient (Wildman–Crippen LogP) is 1.91. The highest BCUT2D eigenvalue weighted by Crippen LogP contribution is 2.17. The minimum Gasteiger partial charge on any atom is -0.334 e. The summed E-state index contributed by atoms with van der Waals surface area (Å²) in [5.74, 6) is -0.204. The van der Waals surface area contributed by atoms with E-state index in [0.29, 0.717) is 19.0 Å². The van der Waals surface area contributed by atoms with E-state index in [1.165, 1.54) is 4.90 Å². The molecular formula is C15H20N2O2. The molecule has 102 valence electrons. The van der Waals surface area contributed by atoms with E-state index in [2.05, 4.69) is 6.92 Å². The van der Waals surface area contributed by atoms with Gasteiger partial charge in [0.25, 0.3) is 0 Å². The van der Waals surface area contributed by atoms with Crippen LogP contribution in [0.25, 0.3) is 0 Å². The van der Waals surface area contributed by atoms with E-state index in [1.807, 2.05) is 30.3 Å². The highest BCUT2D eigenvalue weighted by molar-refractivity contribution is 6.40. The Morgan fingerprint density at radius 1 is 1.16 bits per heavy atom. The van der Waals surface area contributed by atoms with Gasteiger partial charge >= 0.3 is 11.8 Å². The number of hydrogen-bond donors (Lipinski definition) is 0. The maximum atomic E-state index is 12.2. The molecule has 0 saturated carbocycles. The summed E-state index contributed by atoms with van der Waals surface area (Å²) in [5.41, 5.74) is 0.742. The molecule has 4 heteroatoms. The number of nitrogens with zero attached hydrogens (tertiary/aromatic N) is 2. The molecule has 0 atom stereocenters. The maximum absolute atomic E-state index is 12.2.